The first-order valence-electron chi connectivity index (χ1n) is 3.98. The van der Waals surface area contributed by atoms with E-state index in [1.165, 1.54) is 6.08 Å². The lowest BCUT2D eigenvalue weighted by Gasteiger charge is -1.96. The lowest BCUT2D eigenvalue weighted by Crippen LogP contribution is -1.74. The van der Waals surface area contributed by atoms with Gasteiger partial charge in [-0.25, -0.2) is 0 Å². The Balaban J connectivity index is 2.84. The Morgan fingerprint density at radius 1 is 1.14 bits per heavy atom. The molecule has 0 heterocycles. The third-order valence-corrected chi connectivity index (χ3v) is 2.17. The van der Waals surface area contributed by atoms with E-state index in [0.717, 1.165) is 16.9 Å². The second-order valence-electron chi connectivity index (χ2n) is 2.78. The fourth-order valence-corrected chi connectivity index (χ4v) is 1.29. The van der Waals surface area contributed by atoms with Crippen LogP contribution < -0.4 is 0 Å². The van der Waals surface area contributed by atoms with Gasteiger partial charge in [-0.15, -0.1) is 0 Å². The van der Waals surface area contributed by atoms with Crippen LogP contribution in [0.1, 0.15) is 11.1 Å². The van der Waals surface area contributed by atoms with Crippen molar-refractivity contribution < 1.29 is 14.4 Å². The molecule has 4 heteroatoms. The van der Waals surface area contributed by atoms with Gasteiger partial charge >= 0.3 is 7.60 Å². The second-order valence-corrected chi connectivity index (χ2v) is 4.25. The van der Waals surface area contributed by atoms with E-state index < -0.39 is 7.60 Å². The van der Waals surface area contributed by atoms with Gasteiger partial charge in [0, 0.05) is 5.82 Å². The van der Waals surface area contributed by atoms with Crippen molar-refractivity contribution in [1.82, 2.24) is 0 Å². The van der Waals surface area contributed by atoms with Gasteiger partial charge in [-0.3, -0.25) is 4.57 Å². The molecule has 0 aliphatic carbocycles. The summed E-state index contributed by atoms with van der Waals surface area (Å²) < 4.78 is 10.5. The zero-order valence-corrected chi connectivity index (χ0v) is 8.39. The lowest BCUT2D eigenvalue weighted by molar-refractivity contribution is 0.386. The molecule has 0 saturated heterocycles. The largest absolute Gasteiger partial charge is 0.349 e. The van der Waals surface area contributed by atoms with Gasteiger partial charge in [0.2, 0.25) is 0 Å². The molecule has 0 aliphatic heterocycles. The Morgan fingerprint density at radius 2 is 1.64 bits per heavy atom. The maximum absolute atomic E-state index is 10.5. The van der Waals surface area contributed by atoms with Crippen molar-refractivity contribution in [3.63, 3.8) is 0 Å². The first-order chi connectivity index (χ1) is 6.51. The van der Waals surface area contributed by atoms with Crippen molar-refractivity contribution in [3.05, 3.63) is 47.8 Å². The summed E-state index contributed by atoms with van der Waals surface area (Å²) in [6.45, 7) is 3.60. The summed E-state index contributed by atoms with van der Waals surface area (Å²) in [6, 6.07) is 7.19. The maximum Gasteiger partial charge on any atom is 0.349 e. The summed E-state index contributed by atoms with van der Waals surface area (Å²) in [6.07, 6.45) is 3.10. The van der Waals surface area contributed by atoms with Crippen LogP contribution in [0.25, 0.3) is 12.2 Å². The van der Waals surface area contributed by atoms with Gasteiger partial charge in [-0.1, -0.05) is 36.9 Å². The maximum atomic E-state index is 10.5. The van der Waals surface area contributed by atoms with Crippen molar-refractivity contribution in [3.8, 4) is 0 Å². The van der Waals surface area contributed by atoms with Gasteiger partial charge in [0.05, 0.1) is 0 Å². The quantitative estimate of drug-likeness (QED) is 0.753. The summed E-state index contributed by atoms with van der Waals surface area (Å²) in [7, 11) is -4.05. The third kappa shape index (κ3) is 3.71. The van der Waals surface area contributed by atoms with Crippen LogP contribution in [0.4, 0.5) is 0 Å². The van der Waals surface area contributed by atoms with E-state index in [-0.39, 0.29) is 0 Å². The highest BCUT2D eigenvalue weighted by molar-refractivity contribution is 7.55. The molecule has 0 atom stereocenters. The van der Waals surface area contributed by atoms with Gasteiger partial charge in [0.25, 0.3) is 0 Å². The molecule has 2 N–H and O–H groups in total. The van der Waals surface area contributed by atoms with E-state index in [1.807, 2.05) is 12.1 Å². The SMILES string of the molecule is C=Cc1ccc(/C=C/P(=O)(O)O)cc1. The average molecular weight is 210 g/mol. The normalized spacial score (nSPS) is 11.9. The highest BCUT2D eigenvalue weighted by atomic mass is 31.2. The molecular formula is C10H11O3P. The number of hydrogen-bond donors (Lipinski definition) is 2. The lowest BCUT2D eigenvalue weighted by atomic mass is 10.1. The Kier molecular flexibility index (Phi) is 3.42. The van der Waals surface area contributed by atoms with Gasteiger partial charge in [0.1, 0.15) is 0 Å². The van der Waals surface area contributed by atoms with E-state index in [4.69, 9.17) is 9.79 Å². The molecule has 0 aromatic heterocycles. The molecule has 0 bridgehead atoms. The molecule has 0 fully saturated rings. The zero-order chi connectivity index (χ0) is 10.6. The van der Waals surface area contributed by atoms with Crippen molar-refractivity contribution in [1.29, 1.82) is 0 Å². The van der Waals surface area contributed by atoms with E-state index in [9.17, 15) is 4.57 Å². The molecule has 74 valence electrons. The molecular weight excluding hydrogens is 199 g/mol. The fourth-order valence-electron chi connectivity index (χ4n) is 0.926. The zero-order valence-electron chi connectivity index (χ0n) is 7.50. The van der Waals surface area contributed by atoms with Gasteiger partial charge < -0.3 is 9.79 Å². The number of benzene rings is 1. The van der Waals surface area contributed by atoms with E-state index in [0.29, 0.717) is 0 Å². The fraction of sp³-hybridized carbons (Fsp3) is 0. The Morgan fingerprint density at radius 3 is 2.07 bits per heavy atom. The number of hydrogen-bond acceptors (Lipinski definition) is 1. The smallest absolute Gasteiger partial charge is 0.321 e. The van der Waals surface area contributed by atoms with Crippen LogP contribution in [0, 0.1) is 0 Å². The van der Waals surface area contributed by atoms with Crippen molar-refractivity contribution in [2.45, 2.75) is 0 Å². The molecule has 0 amide bonds. The average Bonchev–Trinajstić information content (AvgIpc) is 2.14. The second kappa shape index (κ2) is 4.38. The Hall–Kier alpha value is -1.15. The van der Waals surface area contributed by atoms with E-state index in [1.54, 1.807) is 18.2 Å². The molecule has 0 aliphatic rings. The van der Waals surface area contributed by atoms with Crippen molar-refractivity contribution >= 4 is 19.7 Å². The monoisotopic (exact) mass is 210 g/mol. The Labute approximate surface area is 82.6 Å². The summed E-state index contributed by atoms with van der Waals surface area (Å²) in [4.78, 5) is 17.2. The first kappa shape index (κ1) is 10.9. The predicted octanol–water partition coefficient (Wildman–Crippen LogP) is 2.48. The standard InChI is InChI=1S/C10H11O3P/c1-2-9-3-5-10(6-4-9)7-8-14(11,12)13/h2-8H,1H2,(H2,11,12,13)/b8-7+. The van der Waals surface area contributed by atoms with Crippen LogP contribution in [-0.2, 0) is 4.57 Å². The van der Waals surface area contributed by atoms with Crippen LogP contribution in [-0.4, -0.2) is 9.79 Å². The van der Waals surface area contributed by atoms with Gasteiger partial charge in [-0.05, 0) is 17.2 Å². The van der Waals surface area contributed by atoms with Crippen LogP contribution in [0.3, 0.4) is 0 Å². The summed E-state index contributed by atoms with van der Waals surface area (Å²) in [5, 5.41) is 0. The molecule has 14 heavy (non-hydrogen) atoms. The number of rotatable bonds is 3. The third-order valence-electron chi connectivity index (χ3n) is 1.63. The summed E-state index contributed by atoms with van der Waals surface area (Å²) in [5.41, 5.74) is 1.72. The molecule has 1 aromatic carbocycles. The molecule has 0 unspecified atom stereocenters. The van der Waals surface area contributed by atoms with Crippen LogP contribution in [0.5, 0.6) is 0 Å². The topological polar surface area (TPSA) is 57.5 Å². The molecule has 1 rings (SSSR count). The van der Waals surface area contributed by atoms with Crippen LogP contribution >= 0.6 is 7.60 Å². The molecule has 0 radical (unpaired) electrons. The van der Waals surface area contributed by atoms with Gasteiger partial charge in [0.15, 0.2) is 0 Å². The van der Waals surface area contributed by atoms with Crippen molar-refractivity contribution in [2.24, 2.45) is 0 Å². The van der Waals surface area contributed by atoms with Crippen LogP contribution in [0.2, 0.25) is 0 Å². The predicted molar refractivity (Wildman–Crippen MR) is 57.6 cm³/mol. The first-order valence-corrected chi connectivity index (χ1v) is 5.66. The highest BCUT2D eigenvalue weighted by Crippen LogP contribution is 2.36. The minimum atomic E-state index is -4.05. The van der Waals surface area contributed by atoms with Crippen molar-refractivity contribution in [2.75, 3.05) is 0 Å². The molecule has 3 nitrogen and oxygen atoms in total. The minimum absolute atomic E-state index is 0.749. The Bertz CT molecular complexity index is 386. The van der Waals surface area contributed by atoms with E-state index >= 15 is 0 Å². The van der Waals surface area contributed by atoms with Gasteiger partial charge in [-0.2, -0.15) is 0 Å². The molecule has 1 aromatic rings. The van der Waals surface area contributed by atoms with E-state index in [2.05, 4.69) is 6.58 Å². The molecule has 0 saturated carbocycles. The summed E-state index contributed by atoms with van der Waals surface area (Å²) >= 11 is 0. The summed E-state index contributed by atoms with van der Waals surface area (Å²) in [5.74, 6) is 0.885. The molecule has 0 spiro atoms. The highest BCUT2D eigenvalue weighted by Gasteiger charge is 2.04. The minimum Gasteiger partial charge on any atom is -0.321 e. The van der Waals surface area contributed by atoms with Crippen LogP contribution in [0.15, 0.2) is 36.7 Å².